The summed E-state index contributed by atoms with van der Waals surface area (Å²) in [7, 11) is 0. The molecule has 0 saturated carbocycles. The number of rotatable bonds is 5. The summed E-state index contributed by atoms with van der Waals surface area (Å²) in [5.41, 5.74) is 1.76. The molecule has 0 spiro atoms. The molecule has 154 valence electrons. The molecule has 1 fully saturated rings. The van der Waals surface area contributed by atoms with Crippen molar-refractivity contribution in [3.63, 3.8) is 0 Å². The highest BCUT2D eigenvalue weighted by molar-refractivity contribution is 6.30. The minimum absolute atomic E-state index is 0.129. The van der Waals surface area contributed by atoms with Crippen LogP contribution in [0.4, 0.5) is 5.69 Å². The van der Waals surface area contributed by atoms with Crippen LogP contribution in [-0.2, 0) is 9.59 Å². The monoisotopic (exact) mass is 423 g/mol. The van der Waals surface area contributed by atoms with Crippen LogP contribution in [0.3, 0.4) is 0 Å². The van der Waals surface area contributed by atoms with Gasteiger partial charge in [0, 0.05) is 34.9 Å². The zero-order valence-corrected chi connectivity index (χ0v) is 17.1. The van der Waals surface area contributed by atoms with E-state index < -0.39 is 0 Å². The first kappa shape index (κ1) is 21.4. The lowest BCUT2D eigenvalue weighted by molar-refractivity contribution is -0.128. The summed E-state index contributed by atoms with van der Waals surface area (Å²) in [4.78, 5) is 39.0. The summed E-state index contributed by atoms with van der Waals surface area (Å²) in [5, 5.41) is 5.93. The summed E-state index contributed by atoms with van der Waals surface area (Å²) < 4.78 is 0. The minimum Gasteiger partial charge on any atom is -0.347 e. The maximum Gasteiger partial charge on any atom is 0.253 e. The molecule has 0 bridgehead atoms. The Morgan fingerprint density at radius 3 is 2.67 bits per heavy atom. The van der Waals surface area contributed by atoms with Crippen molar-refractivity contribution in [2.45, 2.75) is 12.8 Å². The average molecular weight is 424 g/mol. The van der Waals surface area contributed by atoms with Crippen LogP contribution in [0.25, 0.3) is 0 Å². The van der Waals surface area contributed by atoms with Crippen molar-refractivity contribution in [1.82, 2.24) is 10.2 Å². The predicted molar refractivity (Wildman–Crippen MR) is 116 cm³/mol. The molecule has 0 aromatic heterocycles. The van der Waals surface area contributed by atoms with Crippen LogP contribution < -0.4 is 10.6 Å². The number of nitrogens with one attached hydrogen (secondary N) is 2. The summed E-state index contributed by atoms with van der Waals surface area (Å²) in [6, 6.07) is 13.6. The van der Waals surface area contributed by atoms with E-state index in [1.54, 1.807) is 53.4 Å². The highest BCUT2D eigenvalue weighted by Crippen LogP contribution is 2.20. The van der Waals surface area contributed by atoms with Gasteiger partial charge in [-0.3, -0.25) is 14.4 Å². The number of likely N-dealkylation sites (tertiary alicyclic amines) is 1. The molecular formula is C23H22ClN3O3. The number of hydrogen-bond donors (Lipinski definition) is 2. The lowest BCUT2D eigenvalue weighted by Gasteiger charge is -2.32. The molecule has 1 heterocycles. The number of nitrogens with zero attached hydrogens (tertiary/aromatic N) is 1. The number of amides is 3. The van der Waals surface area contributed by atoms with E-state index >= 15 is 0 Å². The van der Waals surface area contributed by atoms with Crippen LogP contribution in [0, 0.1) is 18.3 Å². The molecule has 0 aliphatic carbocycles. The number of anilines is 1. The number of terminal acetylenes is 1. The quantitative estimate of drug-likeness (QED) is 0.726. The van der Waals surface area contributed by atoms with E-state index in [0.29, 0.717) is 41.3 Å². The average Bonchev–Trinajstić information content (AvgIpc) is 2.77. The molecule has 1 saturated heterocycles. The first-order valence-electron chi connectivity index (χ1n) is 9.65. The van der Waals surface area contributed by atoms with E-state index in [1.807, 2.05) is 0 Å². The molecule has 1 atom stereocenters. The summed E-state index contributed by atoms with van der Waals surface area (Å²) >= 11 is 5.87. The smallest absolute Gasteiger partial charge is 0.253 e. The normalized spacial score (nSPS) is 15.7. The van der Waals surface area contributed by atoms with Gasteiger partial charge >= 0.3 is 0 Å². The Balaban J connectivity index is 1.51. The van der Waals surface area contributed by atoms with Gasteiger partial charge in [0.25, 0.3) is 5.91 Å². The van der Waals surface area contributed by atoms with Gasteiger partial charge in [-0.25, -0.2) is 0 Å². The summed E-state index contributed by atoms with van der Waals surface area (Å²) in [6.07, 6.45) is 6.75. The van der Waals surface area contributed by atoms with Crippen LogP contribution in [0.2, 0.25) is 5.02 Å². The number of carbonyl (C=O) groups excluding carboxylic acids is 3. The first-order valence-corrected chi connectivity index (χ1v) is 10.0. The minimum atomic E-state index is -0.354. The van der Waals surface area contributed by atoms with E-state index in [9.17, 15) is 14.4 Å². The van der Waals surface area contributed by atoms with Crippen molar-refractivity contribution in [1.29, 1.82) is 0 Å². The molecule has 2 aromatic rings. The number of piperidine rings is 1. The van der Waals surface area contributed by atoms with E-state index in [-0.39, 0.29) is 30.2 Å². The maximum atomic E-state index is 12.7. The Hall–Kier alpha value is -3.30. The Kier molecular flexibility index (Phi) is 7.10. The van der Waals surface area contributed by atoms with E-state index in [2.05, 4.69) is 16.6 Å². The van der Waals surface area contributed by atoms with Crippen LogP contribution >= 0.6 is 11.6 Å². The third-order valence-corrected chi connectivity index (χ3v) is 5.16. The second-order valence-electron chi connectivity index (χ2n) is 7.09. The molecule has 6 nitrogen and oxygen atoms in total. The molecule has 0 radical (unpaired) electrons. The molecule has 1 aliphatic rings. The van der Waals surface area contributed by atoms with Gasteiger partial charge in [-0.2, -0.15) is 0 Å². The highest BCUT2D eigenvalue weighted by Gasteiger charge is 2.29. The molecule has 1 aliphatic heterocycles. The lowest BCUT2D eigenvalue weighted by Crippen LogP contribution is -2.46. The zero-order valence-electron chi connectivity index (χ0n) is 16.4. The number of benzene rings is 2. The van der Waals surface area contributed by atoms with E-state index in [0.717, 1.165) is 6.42 Å². The fraction of sp³-hybridized carbons (Fsp3) is 0.261. The molecule has 7 heteroatoms. The summed E-state index contributed by atoms with van der Waals surface area (Å²) in [5.74, 6) is 1.43. The van der Waals surface area contributed by atoms with Crippen molar-refractivity contribution in [2.75, 3.05) is 25.0 Å². The second kappa shape index (κ2) is 9.95. The Morgan fingerprint density at radius 2 is 1.93 bits per heavy atom. The van der Waals surface area contributed by atoms with Gasteiger partial charge in [0.2, 0.25) is 11.8 Å². The maximum absolute atomic E-state index is 12.7. The van der Waals surface area contributed by atoms with Crippen LogP contribution in [0.5, 0.6) is 0 Å². The fourth-order valence-electron chi connectivity index (χ4n) is 3.35. The van der Waals surface area contributed by atoms with Crippen molar-refractivity contribution in [3.05, 3.63) is 64.7 Å². The van der Waals surface area contributed by atoms with Gasteiger partial charge in [-0.05, 0) is 55.3 Å². The van der Waals surface area contributed by atoms with Crippen LogP contribution in [0.1, 0.15) is 28.8 Å². The van der Waals surface area contributed by atoms with Gasteiger partial charge in [0.15, 0.2) is 0 Å². The van der Waals surface area contributed by atoms with Crippen LogP contribution in [0.15, 0.2) is 48.5 Å². The summed E-state index contributed by atoms with van der Waals surface area (Å²) in [6.45, 7) is 0.761. The SMILES string of the molecule is C#Cc1cccc(NC(=O)CNC(=O)C2CCCN(C(=O)c3ccc(Cl)cc3)C2)c1. The van der Waals surface area contributed by atoms with Gasteiger partial charge in [0.05, 0.1) is 12.5 Å². The fourth-order valence-corrected chi connectivity index (χ4v) is 3.48. The lowest BCUT2D eigenvalue weighted by atomic mass is 9.96. The van der Waals surface area contributed by atoms with Crippen molar-refractivity contribution in [2.24, 2.45) is 5.92 Å². The van der Waals surface area contributed by atoms with Crippen molar-refractivity contribution >= 4 is 35.0 Å². The molecule has 1 unspecified atom stereocenters. The Morgan fingerprint density at radius 1 is 1.17 bits per heavy atom. The van der Waals surface area contributed by atoms with Gasteiger partial charge in [0.1, 0.15) is 0 Å². The first-order chi connectivity index (χ1) is 14.5. The van der Waals surface area contributed by atoms with Crippen molar-refractivity contribution in [3.8, 4) is 12.3 Å². The topological polar surface area (TPSA) is 78.5 Å². The van der Waals surface area contributed by atoms with E-state index in [4.69, 9.17) is 18.0 Å². The zero-order chi connectivity index (χ0) is 21.5. The number of carbonyl (C=O) groups is 3. The molecule has 3 rings (SSSR count). The molecule has 30 heavy (non-hydrogen) atoms. The van der Waals surface area contributed by atoms with E-state index in [1.165, 1.54) is 0 Å². The molecular weight excluding hydrogens is 402 g/mol. The highest BCUT2D eigenvalue weighted by atomic mass is 35.5. The van der Waals surface area contributed by atoms with Crippen molar-refractivity contribution < 1.29 is 14.4 Å². The Bertz CT molecular complexity index is 982. The van der Waals surface area contributed by atoms with Gasteiger partial charge in [-0.15, -0.1) is 6.42 Å². The predicted octanol–water partition coefficient (Wildman–Crippen LogP) is 2.93. The Labute approximate surface area is 180 Å². The second-order valence-corrected chi connectivity index (χ2v) is 7.52. The third-order valence-electron chi connectivity index (χ3n) is 4.91. The van der Waals surface area contributed by atoms with Gasteiger partial charge in [-0.1, -0.05) is 23.6 Å². The number of hydrogen-bond acceptors (Lipinski definition) is 3. The third kappa shape index (κ3) is 5.62. The largest absolute Gasteiger partial charge is 0.347 e. The molecule has 3 amide bonds. The number of halogens is 1. The van der Waals surface area contributed by atoms with Crippen LogP contribution in [-0.4, -0.2) is 42.3 Å². The standard InChI is InChI=1S/C23H22ClN3O3/c1-2-16-5-3-7-20(13-16)26-21(28)14-25-22(29)18-6-4-12-27(15-18)23(30)17-8-10-19(24)11-9-17/h1,3,5,7-11,13,18H,4,6,12,14-15H2,(H,25,29)(H,26,28). The molecule has 2 aromatic carbocycles. The molecule has 2 N–H and O–H groups in total. The van der Waals surface area contributed by atoms with Gasteiger partial charge < -0.3 is 15.5 Å².